The van der Waals surface area contributed by atoms with Crippen LogP contribution in [0.4, 0.5) is 5.69 Å². The summed E-state index contributed by atoms with van der Waals surface area (Å²) in [7, 11) is 0. The Morgan fingerprint density at radius 3 is 2.83 bits per heavy atom. The maximum absolute atomic E-state index is 11.9. The number of rotatable bonds is 1. The summed E-state index contributed by atoms with van der Waals surface area (Å²) in [6, 6.07) is 7.27. The molecule has 1 amide bonds. The summed E-state index contributed by atoms with van der Waals surface area (Å²) in [6.45, 7) is 5.07. The van der Waals surface area contributed by atoms with Crippen LogP contribution in [0.25, 0.3) is 0 Å². The molecule has 1 aliphatic rings. The number of benzene rings is 1. The number of halogens is 1. The smallest absolute Gasteiger partial charge is 0.245 e. The fourth-order valence-electron chi connectivity index (χ4n) is 2.11. The van der Waals surface area contributed by atoms with E-state index in [1.807, 2.05) is 30.9 Å². The van der Waals surface area contributed by atoms with Gasteiger partial charge in [-0.25, -0.2) is 0 Å². The summed E-state index contributed by atoms with van der Waals surface area (Å²) in [4.78, 5) is 13.9. The van der Waals surface area contributed by atoms with Crippen molar-refractivity contribution in [2.45, 2.75) is 19.4 Å². The van der Waals surface area contributed by atoms with Crippen molar-refractivity contribution in [3.05, 3.63) is 28.8 Å². The molecule has 0 unspecified atom stereocenters. The van der Waals surface area contributed by atoms with Crippen LogP contribution in [-0.2, 0) is 4.79 Å². The van der Waals surface area contributed by atoms with E-state index in [1.54, 1.807) is 12.1 Å². The van der Waals surface area contributed by atoms with Crippen LogP contribution in [0.1, 0.15) is 19.4 Å². The highest BCUT2D eigenvalue weighted by Gasteiger charge is 2.37. The molecule has 0 bridgehead atoms. The number of carbonyl (C=O) groups is 1. The molecule has 0 aliphatic carbocycles. The summed E-state index contributed by atoms with van der Waals surface area (Å²) in [5.41, 5.74) is 0.689. The molecule has 5 heteroatoms. The lowest BCUT2D eigenvalue weighted by Crippen LogP contribution is -2.62. The minimum Gasteiger partial charge on any atom is -0.356 e. The van der Waals surface area contributed by atoms with Crippen molar-refractivity contribution < 1.29 is 4.79 Å². The first kappa shape index (κ1) is 12.7. The second-order valence-corrected chi connectivity index (χ2v) is 5.15. The fourth-order valence-corrected chi connectivity index (χ4v) is 2.33. The topological polar surface area (TPSA) is 56.1 Å². The normalized spacial score (nSPS) is 18.1. The molecule has 4 nitrogen and oxygen atoms in total. The molecule has 18 heavy (non-hydrogen) atoms. The molecule has 1 fully saturated rings. The number of hydrogen-bond donors (Lipinski definition) is 1. The highest BCUT2D eigenvalue weighted by atomic mass is 35.5. The monoisotopic (exact) mass is 263 g/mol. The van der Waals surface area contributed by atoms with Gasteiger partial charge in [0.05, 0.1) is 10.6 Å². The third-order valence-corrected chi connectivity index (χ3v) is 3.55. The first-order valence-electron chi connectivity index (χ1n) is 5.72. The predicted octanol–water partition coefficient (Wildman–Crippen LogP) is 1.93. The molecule has 1 saturated heterocycles. The largest absolute Gasteiger partial charge is 0.356 e. The molecule has 0 saturated carbocycles. The quantitative estimate of drug-likeness (QED) is 0.842. The second-order valence-electron chi connectivity index (χ2n) is 4.74. The van der Waals surface area contributed by atoms with Crippen LogP contribution >= 0.6 is 11.6 Å². The molecule has 0 aromatic heterocycles. The van der Waals surface area contributed by atoms with Crippen LogP contribution in [0.5, 0.6) is 0 Å². The van der Waals surface area contributed by atoms with Gasteiger partial charge in [-0.2, -0.15) is 5.26 Å². The summed E-state index contributed by atoms with van der Waals surface area (Å²) in [5.74, 6) is -0.00534. The Hall–Kier alpha value is -1.73. The van der Waals surface area contributed by atoms with Crippen molar-refractivity contribution in [1.29, 1.82) is 5.26 Å². The van der Waals surface area contributed by atoms with Gasteiger partial charge in [-0.05, 0) is 32.0 Å². The van der Waals surface area contributed by atoms with E-state index in [1.165, 1.54) is 0 Å². The van der Waals surface area contributed by atoms with Gasteiger partial charge in [0.2, 0.25) is 5.91 Å². The molecular weight excluding hydrogens is 250 g/mol. The molecular formula is C13H14ClN3O. The van der Waals surface area contributed by atoms with Crippen LogP contribution in [0.15, 0.2) is 18.2 Å². The predicted molar refractivity (Wildman–Crippen MR) is 70.6 cm³/mol. The van der Waals surface area contributed by atoms with Crippen molar-refractivity contribution in [2.75, 3.05) is 18.0 Å². The standard InChI is InChI=1S/C13H14ClN3O/c1-13(2)12(18)16-5-6-17(13)10-4-3-9(8-15)11(14)7-10/h3-4,7H,5-6H2,1-2H3,(H,16,18). The Balaban J connectivity index is 2.40. The highest BCUT2D eigenvalue weighted by Crippen LogP contribution is 2.29. The Morgan fingerprint density at radius 1 is 1.50 bits per heavy atom. The Bertz CT molecular complexity index is 534. The zero-order chi connectivity index (χ0) is 13.3. The van der Waals surface area contributed by atoms with E-state index in [9.17, 15) is 4.79 Å². The van der Waals surface area contributed by atoms with Gasteiger partial charge in [0.1, 0.15) is 11.6 Å². The molecule has 1 N–H and O–H groups in total. The van der Waals surface area contributed by atoms with Gasteiger partial charge in [-0.15, -0.1) is 0 Å². The molecule has 1 aromatic carbocycles. The van der Waals surface area contributed by atoms with Crippen LogP contribution < -0.4 is 10.2 Å². The number of nitriles is 1. The zero-order valence-electron chi connectivity index (χ0n) is 10.3. The second kappa shape index (κ2) is 4.51. The summed E-state index contributed by atoms with van der Waals surface area (Å²) >= 11 is 6.03. The molecule has 2 rings (SSSR count). The maximum Gasteiger partial charge on any atom is 0.245 e. The van der Waals surface area contributed by atoms with E-state index >= 15 is 0 Å². The van der Waals surface area contributed by atoms with Crippen LogP contribution in [0, 0.1) is 11.3 Å². The molecule has 94 valence electrons. The van der Waals surface area contributed by atoms with Gasteiger partial charge in [0.25, 0.3) is 0 Å². The van der Waals surface area contributed by atoms with Gasteiger partial charge < -0.3 is 10.2 Å². The lowest BCUT2D eigenvalue weighted by molar-refractivity contribution is -0.126. The van der Waals surface area contributed by atoms with Crippen LogP contribution in [0.3, 0.4) is 0 Å². The molecule has 0 atom stereocenters. The van der Waals surface area contributed by atoms with Gasteiger partial charge in [0.15, 0.2) is 0 Å². The maximum atomic E-state index is 11.9. The Morgan fingerprint density at radius 2 is 2.22 bits per heavy atom. The third-order valence-electron chi connectivity index (χ3n) is 3.24. The molecule has 0 radical (unpaired) electrons. The first-order chi connectivity index (χ1) is 8.46. The highest BCUT2D eigenvalue weighted by molar-refractivity contribution is 6.32. The van der Waals surface area contributed by atoms with Crippen molar-refractivity contribution in [3.8, 4) is 6.07 Å². The SMILES string of the molecule is CC1(C)C(=O)NCCN1c1ccc(C#N)c(Cl)c1. The molecule has 0 spiro atoms. The van der Waals surface area contributed by atoms with Crippen molar-refractivity contribution in [3.63, 3.8) is 0 Å². The average molecular weight is 264 g/mol. The van der Waals surface area contributed by atoms with Gasteiger partial charge >= 0.3 is 0 Å². The number of anilines is 1. The van der Waals surface area contributed by atoms with Gasteiger partial charge in [-0.3, -0.25) is 4.79 Å². The number of amides is 1. The zero-order valence-corrected chi connectivity index (χ0v) is 11.1. The third kappa shape index (κ3) is 2.02. The van der Waals surface area contributed by atoms with E-state index < -0.39 is 5.54 Å². The number of carbonyl (C=O) groups excluding carboxylic acids is 1. The van der Waals surface area contributed by atoms with E-state index in [0.717, 1.165) is 12.2 Å². The fraction of sp³-hybridized carbons (Fsp3) is 0.385. The van der Waals surface area contributed by atoms with Crippen LogP contribution in [-0.4, -0.2) is 24.5 Å². The Kier molecular flexibility index (Phi) is 3.18. The molecule has 1 heterocycles. The summed E-state index contributed by atoms with van der Waals surface area (Å²) in [5, 5.41) is 12.1. The number of nitrogens with zero attached hydrogens (tertiary/aromatic N) is 2. The van der Waals surface area contributed by atoms with Gasteiger partial charge in [0, 0.05) is 18.8 Å². The first-order valence-corrected chi connectivity index (χ1v) is 6.10. The number of hydrogen-bond acceptors (Lipinski definition) is 3. The van der Waals surface area contributed by atoms with Gasteiger partial charge in [-0.1, -0.05) is 11.6 Å². The number of piperazine rings is 1. The van der Waals surface area contributed by atoms with Crippen molar-refractivity contribution in [1.82, 2.24) is 5.32 Å². The number of nitrogens with one attached hydrogen (secondary N) is 1. The lowest BCUT2D eigenvalue weighted by Gasteiger charge is -2.42. The minimum atomic E-state index is -0.615. The van der Waals surface area contributed by atoms with E-state index in [-0.39, 0.29) is 5.91 Å². The van der Waals surface area contributed by atoms with E-state index in [0.29, 0.717) is 17.1 Å². The van der Waals surface area contributed by atoms with E-state index in [2.05, 4.69) is 5.32 Å². The van der Waals surface area contributed by atoms with Crippen molar-refractivity contribution >= 4 is 23.2 Å². The molecule has 1 aliphatic heterocycles. The lowest BCUT2D eigenvalue weighted by atomic mass is 9.97. The van der Waals surface area contributed by atoms with E-state index in [4.69, 9.17) is 16.9 Å². The summed E-state index contributed by atoms with van der Waals surface area (Å²) < 4.78 is 0. The average Bonchev–Trinajstić information content (AvgIpc) is 2.32. The molecule has 1 aromatic rings. The van der Waals surface area contributed by atoms with Crippen LogP contribution in [0.2, 0.25) is 5.02 Å². The summed E-state index contributed by atoms with van der Waals surface area (Å²) in [6.07, 6.45) is 0. The van der Waals surface area contributed by atoms with Crippen molar-refractivity contribution in [2.24, 2.45) is 0 Å². The minimum absolute atomic E-state index is 0.00534. The Labute approximate surface area is 111 Å².